The van der Waals surface area contributed by atoms with Gasteiger partial charge in [-0.2, -0.15) is 0 Å². The monoisotopic (exact) mass is 197 g/mol. The summed E-state index contributed by atoms with van der Waals surface area (Å²) in [7, 11) is 0. The summed E-state index contributed by atoms with van der Waals surface area (Å²) in [5.41, 5.74) is 5.41. The number of hydrogen-bond acceptors (Lipinski definition) is 2. The molecule has 0 bridgehead atoms. The van der Waals surface area contributed by atoms with E-state index in [1.807, 2.05) is 0 Å². The highest BCUT2D eigenvalue weighted by Gasteiger charge is 2.24. The van der Waals surface area contributed by atoms with Crippen LogP contribution in [-0.4, -0.2) is 30.4 Å². The van der Waals surface area contributed by atoms with Crippen molar-refractivity contribution in [3.63, 3.8) is 0 Å². The minimum absolute atomic E-state index is 0.133. The van der Waals surface area contributed by atoms with Crippen LogP contribution in [0.4, 0.5) is 0 Å². The topological polar surface area (TPSA) is 53.1 Å². The normalized spacial score (nSPS) is 24.1. The van der Waals surface area contributed by atoms with E-state index in [9.17, 15) is 0 Å². The van der Waals surface area contributed by atoms with Gasteiger partial charge in [-0.25, -0.2) is 0 Å². The summed E-state index contributed by atoms with van der Waals surface area (Å²) in [5, 5.41) is 7.47. The van der Waals surface area contributed by atoms with Crippen LogP contribution in [0, 0.1) is 16.7 Å². The molecule has 0 aliphatic carbocycles. The van der Waals surface area contributed by atoms with Crippen LogP contribution in [-0.2, 0) is 0 Å². The first-order valence-corrected chi connectivity index (χ1v) is 5.48. The van der Waals surface area contributed by atoms with Gasteiger partial charge in [-0.1, -0.05) is 20.8 Å². The molecule has 1 rings (SSSR count). The second-order valence-electron chi connectivity index (χ2n) is 5.24. The smallest absolute Gasteiger partial charge is 0.0963 e. The maximum absolute atomic E-state index is 7.47. The zero-order valence-electron chi connectivity index (χ0n) is 9.64. The van der Waals surface area contributed by atoms with Gasteiger partial charge in [0.1, 0.15) is 0 Å². The lowest BCUT2D eigenvalue weighted by atomic mass is 9.88. The number of likely N-dealkylation sites (tertiary alicyclic amines) is 1. The highest BCUT2D eigenvalue weighted by molar-refractivity contribution is 5.82. The van der Waals surface area contributed by atoms with Crippen molar-refractivity contribution in [1.29, 1.82) is 5.41 Å². The largest absolute Gasteiger partial charge is 0.387 e. The molecule has 1 aliphatic heterocycles. The quantitative estimate of drug-likeness (QED) is 0.532. The third-order valence-corrected chi connectivity index (χ3v) is 3.29. The number of hydrogen-bond donors (Lipinski definition) is 2. The fourth-order valence-corrected chi connectivity index (χ4v) is 1.80. The van der Waals surface area contributed by atoms with E-state index in [0.717, 1.165) is 18.9 Å². The van der Waals surface area contributed by atoms with Gasteiger partial charge in [0.25, 0.3) is 0 Å². The van der Waals surface area contributed by atoms with E-state index in [4.69, 9.17) is 11.1 Å². The first kappa shape index (κ1) is 11.5. The zero-order valence-corrected chi connectivity index (χ0v) is 9.64. The first-order valence-electron chi connectivity index (χ1n) is 5.48. The molecule has 3 heteroatoms. The lowest BCUT2D eigenvalue weighted by Crippen LogP contribution is -2.35. The van der Waals surface area contributed by atoms with Gasteiger partial charge in [-0.3, -0.25) is 5.41 Å². The molecule has 1 saturated heterocycles. The third kappa shape index (κ3) is 2.98. The van der Waals surface area contributed by atoms with Crippen molar-refractivity contribution in [3.8, 4) is 0 Å². The molecule has 0 aromatic rings. The molecule has 0 radical (unpaired) electrons. The van der Waals surface area contributed by atoms with E-state index in [1.54, 1.807) is 0 Å². The standard InChI is InChI=1S/C11H23N3/c1-9-4-6-14(8-9)7-5-11(2,3)10(12)13/h9H,4-8H2,1-3H3,(H3,12,13). The van der Waals surface area contributed by atoms with E-state index in [0.29, 0.717) is 5.84 Å². The Morgan fingerprint density at radius 3 is 2.64 bits per heavy atom. The molecule has 0 spiro atoms. The summed E-state index contributed by atoms with van der Waals surface area (Å²) in [4.78, 5) is 2.48. The van der Waals surface area contributed by atoms with Crippen LogP contribution in [0.3, 0.4) is 0 Å². The summed E-state index contributed by atoms with van der Waals surface area (Å²) < 4.78 is 0. The summed E-state index contributed by atoms with van der Waals surface area (Å²) >= 11 is 0. The van der Waals surface area contributed by atoms with Gasteiger partial charge in [0, 0.05) is 12.0 Å². The van der Waals surface area contributed by atoms with Gasteiger partial charge >= 0.3 is 0 Å². The average Bonchev–Trinajstić information content (AvgIpc) is 2.48. The number of nitrogens with two attached hydrogens (primary N) is 1. The Morgan fingerprint density at radius 1 is 1.57 bits per heavy atom. The molecule has 1 unspecified atom stereocenters. The van der Waals surface area contributed by atoms with Crippen molar-refractivity contribution in [2.45, 2.75) is 33.6 Å². The highest BCUT2D eigenvalue weighted by Crippen LogP contribution is 2.22. The molecule has 82 valence electrons. The summed E-state index contributed by atoms with van der Waals surface area (Å²) in [6.07, 6.45) is 2.32. The maximum atomic E-state index is 7.47. The molecule has 3 nitrogen and oxygen atoms in total. The second-order valence-corrected chi connectivity index (χ2v) is 5.24. The molecule has 1 aliphatic rings. The Hall–Kier alpha value is -0.570. The van der Waals surface area contributed by atoms with Crippen LogP contribution in [0.15, 0.2) is 0 Å². The van der Waals surface area contributed by atoms with Crippen LogP contribution in [0.1, 0.15) is 33.6 Å². The lowest BCUT2D eigenvalue weighted by Gasteiger charge is -2.26. The SMILES string of the molecule is CC1CCN(CCC(C)(C)C(=N)N)C1. The Balaban J connectivity index is 2.30. The molecule has 1 heterocycles. The molecule has 3 N–H and O–H groups in total. The second kappa shape index (κ2) is 4.30. The van der Waals surface area contributed by atoms with E-state index >= 15 is 0 Å². The van der Waals surface area contributed by atoms with Crippen molar-refractivity contribution in [1.82, 2.24) is 4.90 Å². The fourth-order valence-electron chi connectivity index (χ4n) is 1.80. The number of nitrogens with one attached hydrogen (secondary N) is 1. The van der Waals surface area contributed by atoms with Crippen LogP contribution in [0.5, 0.6) is 0 Å². The molecule has 1 atom stereocenters. The van der Waals surface area contributed by atoms with Crippen molar-refractivity contribution in [3.05, 3.63) is 0 Å². The van der Waals surface area contributed by atoms with Crippen LogP contribution < -0.4 is 5.73 Å². The van der Waals surface area contributed by atoms with Gasteiger partial charge < -0.3 is 10.6 Å². The lowest BCUT2D eigenvalue weighted by molar-refractivity contribution is 0.285. The molecule has 0 aromatic heterocycles. The van der Waals surface area contributed by atoms with Gasteiger partial charge in [-0.15, -0.1) is 0 Å². The predicted molar refractivity (Wildman–Crippen MR) is 60.5 cm³/mol. The number of amidine groups is 1. The zero-order chi connectivity index (χ0) is 10.8. The Kier molecular flexibility index (Phi) is 3.53. The maximum Gasteiger partial charge on any atom is 0.0963 e. The fraction of sp³-hybridized carbons (Fsp3) is 0.909. The minimum atomic E-state index is -0.133. The Labute approximate surface area is 87.2 Å². The van der Waals surface area contributed by atoms with Crippen molar-refractivity contribution in [2.75, 3.05) is 19.6 Å². The Morgan fingerprint density at radius 2 is 2.21 bits per heavy atom. The summed E-state index contributed by atoms with van der Waals surface area (Å²) in [5.74, 6) is 1.15. The molecule has 14 heavy (non-hydrogen) atoms. The van der Waals surface area contributed by atoms with Crippen molar-refractivity contribution in [2.24, 2.45) is 17.1 Å². The van der Waals surface area contributed by atoms with Gasteiger partial charge in [-0.05, 0) is 31.8 Å². The highest BCUT2D eigenvalue weighted by atomic mass is 15.1. The van der Waals surface area contributed by atoms with E-state index < -0.39 is 0 Å². The van der Waals surface area contributed by atoms with E-state index in [2.05, 4.69) is 25.7 Å². The molecular weight excluding hydrogens is 174 g/mol. The first-order chi connectivity index (χ1) is 6.42. The number of nitrogens with zero attached hydrogens (tertiary/aromatic N) is 1. The van der Waals surface area contributed by atoms with Gasteiger partial charge in [0.2, 0.25) is 0 Å². The van der Waals surface area contributed by atoms with Crippen LogP contribution in [0.25, 0.3) is 0 Å². The summed E-state index contributed by atoms with van der Waals surface area (Å²) in [6, 6.07) is 0. The van der Waals surface area contributed by atoms with Gasteiger partial charge in [0.15, 0.2) is 0 Å². The minimum Gasteiger partial charge on any atom is -0.387 e. The van der Waals surface area contributed by atoms with E-state index in [1.165, 1.54) is 19.5 Å². The number of rotatable bonds is 4. The molecule has 0 amide bonds. The van der Waals surface area contributed by atoms with Crippen LogP contribution in [0.2, 0.25) is 0 Å². The Bertz CT molecular complexity index is 211. The average molecular weight is 197 g/mol. The summed E-state index contributed by atoms with van der Waals surface area (Å²) in [6.45, 7) is 9.92. The molecule has 0 saturated carbocycles. The third-order valence-electron chi connectivity index (χ3n) is 3.29. The van der Waals surface area contributed by atoms with Crippen molar-refractivity contribution < 1.29 is 0 Å². The molecule has 1 fully saturated rings. The van der Waals surface area contributed by atoms with Gasteiger partial charge in [0.05, 0.1) is 5.84 Å². The van der Waals surface area contributed by atoms with Crippen molar-refractivity contribution >= 4 is 5.84 Å². The van der Waals surface area contributed by atoms with Crippen LogP contribution >= 0.6 is 0 Å². The molecular formula is C11H23N3. The van der Waals surface area contributed by atoms with E-state index in [-0.39, 0.29) is 5.41 Å². The molecule has 0 aromatic carbocycles. The predicted octanol–water partition coefficient (Wildman–Crippen LogP) is 1.68.